The van der Waals surface area contributed by atoms with Crippen molar-refractivity contribution < 1.29 is 4.79 Å². The fraction of sp³-hybridized carbons (Fsp3) is 0.261. The van der Waals surface area contributed by atoms with Gasteiger partial charge in [-0.1, -0.05) is 56.3 Å². The first-order valence-corrected chi connectivity index (χ1v) is 9.44. The normalized spacial score (nSPS) is 10.8. The summed E-state index contributed by atoms with van der Waals surface area (Å²) in [5.41, 5.74) is 4.26. The Morgan fingerprint density at radius 2 is 1.71 bits per heavy atom. The zero-order valence-corrected chi connectivity index (χ0v) is 16.8. The second-order valence-electron chi connectivity index (χ2n) is 7.27. The zero-order chi connectivity index (χ0) is 20.1. The molecule has 28 heavy (non-hydrogen) atoms. The molecule has 0 aliphatic heterocycles. The fourth-order valence-corrected chi connectivity index (χ4v) is 2.91. The third-order valence-corrected chi connectivity index (χ3v) is 4.51. The number of anilines is 2. The van der Waals surface area contributed by atoms with Crippen LogP contribution in [0.25, 0.3) is 0 Å². The molecule has 0 saturated heterocycles. The Balaban J connectivity index is 1.75. The van der Waals surface area contributed by atoms with E-state index in [1.807, 2.05) is 61.3 Å². The molecule has 0 unspecified atom stereocenters. The molecule has 144 valence electrons. The Hall–Kier alpha value is -3.21. The molecule has 0 aliphatic rings. The average Bonchev–Trinajstić information content (AvgIpc) is 2.68. The summed E-state index contributed by atoms with van der Waals surface area (Å²) in [6.45, 7) is 6.83. The van der Waals surface area contributed by atoms with Crippen LogP contribution in [0.3, 0.4) is 0 Å². The molecule has 3 aromatic rings. The molecule has 0 fully saturated rings. The largest absolute Gasteiger partial charge is 0.340 e. The summed E-state index contributed by atoms with van der Waals surface area (Å²) in [7, 11) is 1.92. The molecule has 0 atom stereocenters. The van der Waals surface area contributed by atoms with Crippen molar-refractivity contribution in [3.8, 4) is 0 Å². The number of rotatable bonds is 6. The van der Waals surface area contributed by atoms with Crippen molar-refractivity contribution in [1.29, 1.82) is 0 Å². The van der Waals surface area contributed by atoms with Crippen molar-refractivity contribution in [2.45, 2.75) is 33.2 Å². The molecule has 1 N–H and O–H groups in total. The van der Waals surface area contributed by atoms with Gasteiger partial charge in [-0.25, -0.2) is 9.97 Å². The fourth-order valence-electron chi connectivity index (χ4n) is 2.91. The summed E-state index contributed by atoms with van der Waals surface area (Å²) in [6.07, 6.45) is 0. The highest BCUT2D eigenvalue weighted by molar-refractivity contribution is 6.03. The van der Waals surface area contributed by atoms with E-state index in [0.717, 1.165) is 16.9 Å². The highest BCUT2D eigenvalue weighted by Crippen LogP contribution is 2.18. The maximum atomic E-state index is 12.7. The van der Waals surface area contributed by atoms with Crippen molar-refractivity contribution >= 4 is 17.5 Å². The van der Waals surface area contributed by atoms with E-state index in [-0.39, 0.29) is 5.91 Å². The van der Waals surface area contributed by atoms with Crippen LogP contribution in [0.2, 0.25) is 0 Å². The quantitative estimate of drug-likeness (QED) is 0.673. The Bertz CT molecular complexity index is 937. The zero-order valence-electron chi connectivity index (χ0n) is 16.8. The van der Waals surface area contributed by atoms with Gasteiger partial charge >= 0.3 is 0 Å². The van der Waals surface area contributed by atoms with E-state index in [1.165, 1.54) is 5.56 Å². The molecule has 0 spiro atoms. The lowest BCUT2D eigenvalue weighted by Crippen LogP contribution is -2.22. The number of hydrogen-bond acceptors (Lipinski definition) is 4. The van der Waals surface area contributed by atoms with Crippen molar-refractivity contribution in [1.82, 2.24) is 9.97 Å². The summed E-state index contributed by atoms with van der Waals surface area (Å²) in [4.78, 5) is 23.6. The maximum absolute atomic E-state index is 12.7. The van der Waals surface area contributed by atoms with Crippen molar-refractivity contribution in [3.05, 3.63) is 83.2 Å². The van der Waals surface area contributed by atoms with E-state index >= 15 is 0 Å². The van der Waals surface area contributed by atoms with Gasteiger partial charge in [0, 0.05) is 25.0 Å². The molecule has 5 heteroatoms. The number of carbonyl (C=O) groups excluding carboxylic acids is 1. The first kappa shape index (κ1) is 19.5. The Morgan fingerprint density at radius 3 is 2.36 bits per heavy atom. The highest BCUT2D eigenvalue weighted by Gasteiger charge is 2.14. The third kappa shape index (κ3) is 4.94. The molecule has 3 rings (SSSR count). The molecule has 1 heterocycles. The van der Waals surface area contributed by atoms with Crippen LogP contribution in [-0.2, 0) is 6.54 Å². The monoisotopic (exact) mass is 374 g/mol. The van der Waals surface area contributed by atoms with E-state index < -0.39 is 0 Å². The van der Waals surface area contributed by atoms with Gasteiger partial charge in [0.2, 0.25) is 5.95 Å². The average molecular weight is 374 g/mol. The van der Waals surface area contributed by atoms with Gasteiger partial charge in [-0.05, 0) is 42.2 Å². The number of carbonyl (C=O) groups is 1. The van der Waals surface area contributed by atoms with Crippen LogP contribution < -0.4 is 10.2 Å². The Labute approximate surface area is 166 Å². The van der Waals surface area contributed by atoms with Crippen LogP contribution in [0, 0.1) is 6.92 Å². The Kier molecular flexibility index (Phi) is 6.04. The SMILES string of the molecule is Cc1cc(C(=O)Nc2ccc(C(C)C)cc2)nc(N(C)Cc2ccccc2)n1. The van der Waals surface area contributed by atoms with Gasteiger partial charge in [0.05, 0.1) is 0 Å². The first-order chi connectivity index (χ1) is 13.4. The number of benzene rings is 2. The molecule has 5 nitrogen and oxygen atoms in total. The smallest absolute Gasteiger partial charge is 0.274 e. The van der Waals surface area contributed by atoms with Crippen molar-refractivity contribution in [2.24, 2.45) is 0 Å². The van der Waals surface area contributed by atoms with Crippen LogP contribution >= 0.6 is 0 Å². The summed E-state index contributed by atoms with van der Waals surface area (Å²) < 4.78 is 0. The first-order valence-electron chi connectivity index (χ1n) is 9.44. The van der Waals surface area contributed by atoms with Crippen molar-refractivity contribution in [3.63, 3.8) is 0 Å². The lowest BCUT2D eigenvalue weighted by molar-refractivity contribution is 0.102. The summed E-state index contributed by atoms with van der Waals surface area (Å²) >= 11 is 0. The van der Waals surface area contributed by atoms with Crippen molar-refractivity contribution in [2.75, 3.05) is 17.3 Å². The van der Waals surface area contributed by atoms with Gasteiger partial charge in [-0.15, -0.1) is 0 Å². The standard InChI is InChI=1S/C23H26N4O/c1-16(2)19-10-12-20(13-11-19)25-22(28)21-14-17(3)24-23(26-21)27(4)15-18-8-6-5-7-9-18/h5-14,16H,15H2,1-4H3,(H,25,28). The van der Waals surface area contributed by atoms with Gasteiger partial charge in [-0.3, -0.25) is 4.79 Å². The van der Waals surface area contributed by atoms with E-state index in [9.17, 15) is 4.79 Å². The summed E-state index contributed by atoms with van der Waals surface area (Å²) in [5.74, 6) is 0.748. The summed E-state index contributed by atoms with van der Waals surface area (Å²) in [5, 5.41) is 2.92. The molecule has 0 aliphatic carbocycles. The molecule has 0 saturated carbocycles. The van der Waals surface area contributed by atoms with E-state index in [4.69, 9.17) is 0 Å². The predicted molar refractivity (Wildman–Crippen MR) is 114 cm³/mol. The second kappa shape index (κ2) is 8.65. The molecular formula is C23H26N4O. The lowest BCUT2D eigenvalue weighted by Gasteiger charge is -2.18. The van der Waals surface area contributed by atoms with E-state index in [0.29, 0.717) is 24.1 Å². The molecule has 2 aromatic carbocycles. The van der Waals surface area contributed by atoms with E-state index in [2.05, 4.69) is 41.3 Å². The van der Waals surface area contributed by atoms with Gasteiger partial charge < -0.3 is 10.2 Å². The number of nitrogens with zero attached hydrogens (tertiary/aromatic N) is 3. The predicted octanol–water partition coefficient (Wildman–Crippen LogP) is 4.80. The minimum atomic E-state index is -0.239. The number of nitrogens with one attached hydrogen (secondary N) is 1. The number of amides is 1. The number of hydrogen-bond donors (Lipinski definition) is 1. The van der Waals surface area contributed by atoms with Crippen LogP contribution in [-0.4, -0.2) is 22.9 Å². The van der Waals surface area contributed by atoms with E-state index in [1.54, 1.807) is 6.07 Å². The number of aryl methyl sites for hydroxylation is 1. The van der Waals surface area contributed by atoms with Gasteiger partial charge in [0.25, 0.3) is 5.91 Å². The topological polar surface area (TPSA) is 58.1 Å². The summed E-state index contributed by atoms with van der Waals surface area (Å²) in [6, 6.07) is 19.7. The van der Waals surface area contributed by atoms with Crippen LogP contribution in [0.4, 0.5) is 11.6 Å². The molecule has 0 bridgehead atoms. The van der Waals surface area contributed by atoms with Gasteiger partial charge in [0.15, 0.2) is 0 Å². The molecule has 1 amide bonds. The van der Waals surface area contributed by atoms with Crippen LogP contribution in [0.1, 0.15) is 47.1 Å². The second-order valence-corrected chi connectivity index (χ2v) is 7.27. The molecule has 0 radical (unpaired) electrons. The molecule has 1 aromatic heterocycles. The Morgan fingerprint density at radius 1 is 1.04 bits per heavy atom. The van der Waals surface area contributed by atoms with Gasteiger partial charge in [-0.2, -0.15) is 0 Å². The minimum Gasteiger partial charge on any atom is -0.340 e. The third-order valence-electron chi connectivity index (χ3n) is 4.51. The maximum Gasteiger partial charge on any atom is 0.274 e. The number of aromatic nitrogens is 2. The van der Waals surface area contributed by atoms with Crippen LogP contribution in [0.15, 0.2) is 60.7 Å². The molecular weight excluding hydrogens is 348 g/mol. The highest BCUT2D eigenvalue weighted by atomic mass is 16.1. The lowest BCUT2D eigenvalue weighted by atomic mass is 10.0. The van der Waals surface area contributed by atoms with Gasteiger partial charge in [0.1, 0.15) is 5.69 Å². The minimum absolute atomic E-state index is 0.239. The van der Waals surface area contributed by atoms with Crippen LogP contribution in [0.5, 0.6) is 0 Å².